The van der Waals surface area contributed by atoms with Gasteiger partial charge in [-0.3, -0.25) is 9.59 Å². The Labute approximate surface area is 187 Å². The molecule has 0 aliphatic heterocycles. The van der Waals surface area contributed by atoms with Crippen LogP contribution in [0.5, 0.6) is 0 Å². The fraction of sp³-hybridized carbons (Fsp3) is 0.400. The molecule has 0 spiro atoms. The third-order valence-electron chi connectivity index (χ3n) is 6.75. The van der Waals surface area contributed by atoms with Crippen LogP contribution in [0.3, 0.4) is 0 Å². The summed E-state index contributed by atoms with van der Waals surface area (Å²) >= 11 is 0. The van der Waals surface area contributed by atoms with E-state index < -0.39 is 29.4 Å². The van der Waals surface area contributed by atoms with Crippen LogP contribution < -0.4 is 10.6 Å². The van der Waals surface area contributed by atoms with Gasteiger partial charge in [-0.2, -0.15) is 0 Å². The second-order valence-corrected chi connectivity index (χ2v) is 8.85. The number of aliphatic carboxylic acids is 1. The van der Waals surface area contributed by atoms with Gasteiger partial charge in [-0.25, -0.2) is 4.79 Å². The standard InChI is InChI=1S/C25H28N2O5/c1-15(22(28)29)16(2)27-23(30)25(11-12-25)14-26-24(31)32-13-21-19-9-5-3-7-17(19)18-8-4-6-10-20(18)21/h3-10,15-16,21H,11-14H2,1-2H3,(H,26,31)(H,27,30)(H,28,29). The maximum Gasteiger partial charge on any atom is 0.407 e. The predicted molar refractivity (Wildman–Crippen MR) is 119 cm³/mol. The molecule has 7 heteroatoms. The Hall–Kier alpha value is -3.35. The molecule has 2 aromatic carbocycles. The molecular weight excluding hydrogens is 408 g/mol. The number of carbonyl (C=O) groups is 3. The number of nitrogens with one attached hydrogen (secondary N) is 2. The van der Waals surface area contributed by atoms with Gasteiger partial charge in [0.15, 0.2) is 0 Å². The van der Waals surface area contributed by atoms with E-state index in [1.165, 1.54) is 0 Å². The minimum atomic E-state index is -0.959. The molecule has 2 atom stereocenters. The number of carboxylic acid groups (broad SMARTS) is 1. The van der Waals surface area contributed by atoms with Crippen LogP contribution in [0.2, 0.25) is 0 Å². The van der Waals surface area contributed by atoms with Gasteiger partial charge in [-0.05, 0) is 48.9 Å². The highest BCUT2D eigenvalue weighted by Crippen LogP contribution is 2.46. The fourth-order valence-electron chi connectivity index (χ4n) is 4.22. The number of hydrogen-bond acceptors (Lipinski definition) is 4. The van der Waals surface area contributed by atoms with Crippen molar-refractivity contribution in [2.45, 2.75) is 38.6 Å². The molecule has 0 aromatic heterocycles. The van der Waals surface area contributed by atoms with E-state index in [1.54, 1.807) is 13.8 Å². The molecule has 2 unspecified atom stereocenters. The summed E-state index contributed by atoms with van der Waals surface area (Å²) in [7, 11) is 0. The van der Waals surface area contributed by atoms with Crippen LogP contribution in [0.4, 0.5) is 4.79 Å². The van der Waals surface area contributed by atoms with Crippen molar-refractivity contribution in [3.8, 4) is 11.1 Å². The van der Waals surface area contributed by atoms with E-state index >= 15 is 0 Å². The highest BCUT2D eigenvalue weighted by atomic mass is 16.5. The number of fused-ring (bicyclic) bond motifs is 3. The summed E-state index contributed by atoms with van der Waals surface area (Å²) in [5.74, 6) is -1.90. The number of alkyl carbamates (subject to hydrolysis) is 1. The molecule has 1 saturated carbocycles. The van der Waals surface area contributed by atoms with Gasteiger partial charge in [0.25, 0.3) is 0 Å². The smallest absolute Gasteiger partial charge is 0.407 e. The minimum absolute atomic E-state index is 0.0234. The van der Waals surface area contributed by atoms with Crippen molar-refractivity contribution in [2.24, 2.45) is 11.3 Å². The van der Waals surface area contributed by atoms with Gasteiger partial charge in [0.2, 0.25) is 5.91 Å². The second-order valence-electron chi connectivity index (χ2n) is 8.85. The Morgan fingerprint density at radius 1 is 1.03 bits per heavy atom. The van der Waals surface area contributed by atoms with Crippen LogP contribution >= 0.6 is 0 Å². The maximum absolute atomic E-state index is 12.6. The Morgan fingerprint density at radius 2 is 1.59 bits per heavy atom. The Bertz CT molecular complexity index is 1000. The predicted octanol–water partition coefficient (Wildman–Crippen LogP) is 3.53. The Morgan fingerprint density at radius 3 is 2.12 bits per heavy atom. The van der Waals surface area contributed by atoms with Crippen molar-refractivity contribution < 1.29 is 24.2 Å². The summed E-state index contributed by atoms with van der Waals surface area (Å²) in [6, 6.07) is 15.8. The van der Waals surface area contributed by atoms with Crippen molar-refractivity contribution in [2.75, 3.05) is 13.2 Å². The number of carbonyl (C=O) groups excluding carboxylic acids is 2. The van der Waals surface area contributed by atoms with E-state index in [9.17, 15) is 14.4 Å². The summed E-state index contributed by atoms with van der Waals surface area (Å²) < 4.78 is 5.53. The van der Waals surface area contributed by atoms with Gasteiger partial charge in [0, 0.05) is 18.5 Å². The summed E-state index contributed by atoms with van der Waals surface area (Å²) in [4.78, 5) is 36.1. The van der Waals surface area contributed by atoms with Crippen molar-refractivity contribution >= 4 is 18.0 Å². The molecule has 3 N–H and O–H groups in total. The summed E-state index contributed by atoms with van der Waals surface area (Å²) in [6.45, 7) is 3.61. The van der Waals surface area contributed by atoms with Gasteiger partial charge in [0.05, 0.1) is 11.3 Å². The number of benzene rings is 2. The van der Waals surface area contributed by atoms with Crippen molar-refractivity contribution in [3.63, 3.8) is 0 Å². The highest BCUT2D eigenvalue weighted by molar-refractivity contribution is 5.87. The molecule has 2 aliphatic carbocycles. The van der Waals surface area contributed by atoms with Crippen LogP contribution in [-0.2, 0) is 14.3 Å². The lowest BCUT2D eigenvalue weighted by atomic mass is 9.98. The summed E-state index contributed by atoms with van der Waals surface area (Å²) in [5, 5.41) is 14.6. The normalized spacial score (nSPS) is 17.4. The van der Waals surface area contributed by atoms with E-state index in [4.69, 9.17) is 9.84 Å². The van der Waals surface area contributed by atoms with Gasteiger partial charge < -0.3 is 20.5 Å². The van der Waals surface area contributed by atoms with E-state index in [0.29, 0.717) is 12.8 Å². The monoisotopic (exact) mass is 436 g/mol. The average molecular weight is 437 g/mol. The van der Waals surface area contributed by atoms with Crippen molar-refractivity contribution in [3.05, 3.63) is 59.7 Å². The van der Waals surface area contributed by atoms with Crippen LogP contribution in [0.1, 0.15) is 43.7 Å². The van der Waals surface area contributed by atoms with E-state index in [-0.39, 0.29) is 25.0 Å². The minimum Gasteiger partial charge on any atom is -0.481 e. The van der Waals surface area contributed by atoms with Crippen LogP contribution in [0, 0.1) is 11.3 Å². The van der Waals surface area contributed by atoms with Crippen molar-refractivity contribution in [1.29, 1.82) is 0 Å². The quantitative estimate of drug-likeness (QED) is 0.587. The number of rotatable bonds is 8. The summed E-state index contributed by atoms with van der Waals surface area (Å²) in [6.07, 6.45) is 0.741. The van der Waals surface area contributed by atoms with E-state index in [0.717, 1.165) is 22.3 Å². The summed E-state index contributed by atoms with van der Waals surface area (Å²) in [5.41, 5.74) is 3.92. The average Bonchev–Trinajstić information content (AvgIpc) is 3.52. The van der Waals surface area contributed by atoms with Crippen LogP contribution in [0.15, 0.2) is 48.5 Å². The molecule has 2 aromatic rings. The molecule has 1 fully saturated rings. The molecule has 0 saturated heterocycles. The lowest BCUT2D eigenvalue weighted by molar-refractivity contribution is -0.142. The van der Waals surface area contributed by atoms with Gasteiger partial charge >= 0.3 is 12.1 Å². The van der Waals surface area contributed by atoms with Gasteiger partial charge in [0.1, 0.15) is 6.61 Å². The number of carboxylic acids is 1. The van der Waals surface area contributed by atoms with Gasteiger partial charge in [-0.15, -0.1) is 0 Å². The molecule has 0 radical (unpaired) electrons. The molecule has 2 amide bonds. The molecule has 168 valence electrons. The third-order valence-corrected chi connectivity index (χ3v) is 6.75. The lowest BCUT2D eigenvalue weighted by Gasteiger charge is -2.22. The molecule has 4 rings (SSSR count). The zero-order chi connectivity index (χ0) is 22.9. The first-order valence-corrected chi connectivity index (χ1v) is 10.9. The van der Waals surface area contributed by atoms with Crippen molar-refractivity contribution in [1.82, 2.24) is 10.6 Å². The molecule has 0 heterocycles. The highest BCUT2D eigenvalue weighted by Gasteiger charge is 2.50. The Balaban J connectivity index is 1.32. The maximum atomic E-state index is 12.6. The lowest BCUT2D eigenvalue weighted by Crippen LogP contribution is -2.46. The van der Waals surface area contributed by atoms with Crippen LogP contribution in [-0.4, -0.2) is 42.3 Å². The molecule has 7 nitrogen and oxygen atoms in total. The number of hydrogen-bond donors (Lipinski definition) is 3. The topological polar surface area (TPSA) is 105 Å². The van der Waals surface area contributed by atoms with Crippen LogP contribution in [0.25, 0.3) is 11.1 Å². The molecule has 32 heavy (non-hydrogen) atoms. The third kappa shape index (κ3) is 4.20. The Kier molecular flexibility index (Phi) is 5.91. The van der Waals surface area contributed by atoms with E-state index in [2.05, 4.69) is 34.9 Å². The number of ether oxygens (including phenoxy) is 1. The fourth-order valence-corrected chi connectivity index (χ4v) is 4.22. The van der Waals surface area contributed by atoms with E-state index in [1.807, 2.05) is 24.3 Å². The second kappa shape index (κ2) is 8.65. The largest absolute Gasteiger partial charge is 0.481 e. The molecule has 2 aliphatic rings. The first-order valence-electron chi connectivity index (χ1n) is 10.9. The van der Waals surface area contributed by atoms with Gasteiger partial charge in [-0.1, -0.05) is 48.5 Å². The molecule has 0 bridgehead atoms. The zero-order valence-electron chi connectivity index (χ0n) is 18.3. The molecular formula is C25H28N2O5. The number of amides is 2. The first-order chi connectivity index (χ1) is 15.3. The SMILES string of the molecule is CC(NC(=O)C1(CNC(=O)OCC2c3ccccc3-c3ccccc32)CC1)C(C)C(=O)O. The first kappa shape index (κ1) is 21.9. The zero-order valence-corrected chi connectivity index (χ0v) is 18.3.